The molecule has 1 atom stereocenters. The van der Waals surface area contributed by atoms with Crippen LogP contribution in [0.4, 0.5) is 0 Å². The summed E-state index contributed by atoms with van der Waals surface area (Å²) in [6.07, 6.45) is 2.74. The fourth-order valence-corrected chi connectivity index (χ4v) is 3.80. The number of halogens is 1. The lowest BCUT2D eigenvalue weighted by Gasteiger charge is -2.40. The van der Waals surface area contributed by atoms with E-state index in [9.17, 15) is 9.59 Å². The minimum absolute atomic E-state index is 0. The molecule has 2 amide bonds. The SMILES string of the molecule is CN=C(NCCNC(=O)c1ccccc1)N1CCCC2(CNC(=O)C2)C1.I. The molecule has 8 heteroatoms. The van der Waals surface area contributed by atoms with Gasteiger partial charge in [0.15, 0.2) is 5.96 Å². The maximum absolute atomic E-state index is 12.0. The number of hydrogen-bond donors (Lipinski definition) is 3. The highest BCUT2D eigenvalue weighted by atomic mass is 127. The van der Waals surface area contributed by atoms with Crippen LogP contribution in [0.2, 0.25) is 0 Å². The highest BCUT2D eigenvalue weighted by molar-refractivity contribution is 14.0. The van der Waals surface area contributed by atoms with Gasteiger partial charge in [-0.3, -0.25) is 14.6 Å². The molecule has 0 saturated carbocycles. The second kappa shape index (κ2) is 9.91. The van der Waals surface area contributed by atoms with Gasteiger partial charge in [-0.1, -0.05) is 18.2 Å². The van der Waals surface area contributed by atoms with Gasteiger partial charge in [0.05, 0.1) is 0 Å². The second-order valence-electron chi connectivity index (χ2n) is 7.07. The predicted octanol–water partition coefficient (Wildman–Crippen LogP) is 1.21. The van der Waals surface area contributed by atoms with Crippen molar-refractivity contribution in [2.24, 2.45) is 10.4 Å². The molecule has 0 aliphatic carbocycles. The zero-order valence-corrected chi connectivity index (χ0v) is 18.0. The summed E-state index contributed by atoms with van der Waals surface area (Å²) in [6, 6.07) is 9.19. The Morgan fingerprint density at radius 2 is 2.00 bits per heavy atom. The lowest BCUT2D eigenvalue weighted by Crippen LogP contribution is -2.52. The Morgan fingerprint density at radius 1 is 1.26 bits per heavy atom. The molecule has 148 valence electrons. The van der Waals surface area contributed by atoms with Crippen molar-refractivity contribution in [3.05, 3.63) is 35.9 Å². The molecule has 1 aromatic carbocycles. The number of aliphatic imine (C=N–C) groups is 1. The summed E-state index contributed by atoms with van der Waals surface area (Å²) in [6.45, 7) is 3.65. The van der Waals surface area contributed by atoms with E-state index in [0.717, 1.165) is 38.4 Å². The third-order valence-electron chi connectivity index (χ3n) is 5.10. The smallest absolute Gasteiger partial charge is 0.251 e. The molecule has 27 heavy (non-hydrogen) atoms. The van der Waals surface area contributed by atoms with Gasteiger partial charge in [0.1, 0.15) is 0 Å². The number of rotatable bonds is 4. The van der Waals surface area contributed by atoms with Gasteiger partial charge in [0.25, 0.3) is 5.91 Å². The normalized spacial score (nSPS) is 22.2. The van der Waals surface area contributed by atoms with Crippen molar-refractivity contribution >= 4 is 41.8 Å². The van der Waals surface area contributed by atoms with Gasteiger partial charge in [0, 0.05) is 57.2 Å². The standard InChI is InChI=1S/C19H27N5O2.HI/c1-20-18(22-10-9-21-17(26)15-6-3-2-4-7-15)24-11-5-8-19(14-24)12-16(25)23-13-19;/h2-4,6-7H,5,8-14H2,1H3,(H,20,22)(H,21,26)(H,23,25);1H. The van der Waals surface area contributed by atoms with Crippen LogP contribution in [0.5, 0.6) is 0 Å². The minimum Gasteiger partial charge on any atom is -0.355 e. The average Bonchev–Trinajstić information content (AvgIpc) is 3.02. The van der Waals surface area contributed by atoms with Crippen LogP contribution < -0.4 is 16.0 Å². The van der Waals surface area contributed by atoms with E-state index < -0.39 is 0 Å². The van der Waals surface area contributed by atoms with E-state index in [4.69, 9.17) is 0 Å². The van der Waals surface area contributed by atoms with E-state index in [0.29, 0.717) is 25.1 Å². The van der Waals surface area contributed by atoms with Crippen LogP contribution in [0, 0.1) is 5.41 Å². The van der Waals surface area contributed by atoms with Crippen molar-refractivity contribution in [3.8, 4) is 0 Å². The molecule has 0 radical (unpaired) electrons. The Morgan fingerprint density at radius 3 is 2.67 bits per heavy atom. The largest absolute Gasteiger partial charge is 0.355 e. The first kappa shape index (κ1) is 21.5. The van der Waals surface area contributed by atoms with Crippen LogP contribution in [0.1, 0.15) is 29.6 Å². The zero-order valence-electron chi connectivity index (χ0n) is 15.7. The first-order chi connectivity index (χ1) is 12.6. The number of piperidine rings is 1. The second-order valence-corrected chi connectivity index (χ2v) is 7.07. The van der Waals surface area contributed by atoms with Gasteiger partial charge < -0.3 is 20.9 Å². The van der Waals surface area contributed by atoms with Crippen LogP contribution in [0.15, 0.2) is 35.3 Å². The first-order valence-electron chi connectivity index (χ1n) is 9.17. The van der Waals surface area contributed by atoms with Crippen LogP contribution in [0.25, 0.3) is 0 Å². The summed E-state index contributed by atoms with van der Waals surface area (Å²) in [5, 5.41) is 9.19. The summed E-state index contributed by atoms with van der Waals surface area (Å²) in [7, 11) is 1.77. The molecule has 0 bridgehead atoms. The lowest BCUT2D eigenvalue weighted by atomic mass is 9.79. The average molecular weight is 485 g/mol. The van der Waals surface area contributed by atoms with Crippen molar-refractivity contribution in [2.45, 2.75) is 19.3 Å². The lowest BCUT2D eigenvalue weighted by molar-refractivity contribution is -0.119. The predicted molar refractivity (Wildman–Crippen MR) is 116 cm³/mol. The molecule has 1 aromatic rings. The van der Waals surface area contributed by atoms with Crippen LogP contribution in [-0.2, 0) is 4.79 Å². The third-order valence-corrected chi connectivity index (χ3v) is 5.10. The van der Waals surface area contributed by atoms with Gasteiger partial charge in [-0.15, -0.1) is 24.0 Å². The molecule has 2 fully saturated rings. The monoisotopic (exact) mass is 485 g/mol. The number of likely N-dealkylation sites (tertiary alicyclic amines) is 1. The van der Waals surface area contributed by atoms with E-state index in [1.54, 1.807) is 19.2 Å². The van der Waals surface area contributed by atoms with E-state index in [1.807, 2.05) is 18.2 Å². The molecule has 2 saturated heterocycles. The maximum atomic E-state index is 12.0. The van der Waals surface area contributed by atoms with Gasteiger partial charge in [0.2, 0.25) is 5.91 Å². The molecular formula is C19H28IN5O2. The summed E-state index contributed by atoms with van der Waals surface area (Å²) < 4.78 is 0. The van der Waals surface area contributed by atoms with Crippen molar-refractivity contribution in [3.63, 3.8) is 0 Å². The zero-order chi connectivity index (χ0) is 18.4. The number of carbonyl (C=O) groups is 2. The summed E-state index contributed by atoms with van der Waals surface area (Å²) in [4.78, 5) is 30.3. The minimum atomic E-state index is -0.0742. The number of amides is 2. The third kappa shape index (κ3) is 5.57. The topological polar surface area (TPSA) is 85.8 Å². The quantitative estimate of drug-likeness (QED) is 0.259. The molecule has 1 unspecified atom stereocenters. The van der Waals surface area contributed by atoms with Crippen molar-refractivity contribution < 1.29 is 9.59 Å². The molecular weight excluding hydrogens is 457 g/mol. The molecule has 7 nitrogen and oxygen atoms in total. The summed E-state index contributed by atoms with van der Waals surface area (Å²) in [5.74, 6) is 0.908. The van der Waals surface area contributed by atoms with E-state index in [1.165, 1.54) is 0 Å². The molecule has 2 aliphatic heterocycles. The number of carbonyl (C=O) groups excluding carboxylic acids is 2. The van der Waals surface area contributed by atoms with Crippen LogP contribution >= 0.6 is 24.0 Å². The van der Waals surface area contributed by atoms with Crippen LogP contribution in [-0.4, -0.2) is 62.4 Å². The molecule has 3 rings (SSSR count). The Balaban J connectivity index is 0.00000261. The van der Waals surface area contributed by atoms with Crippen molar-refractivity contribution in [2.75, 3.05) is 39.8 Å². The Bertz CT molecular complexity index is 682. The number of nitrogens with one attached hydrogen (secondary N) is 3. The number of benzene rings is 1. The van der Waals surface area contributed by atoms with E-state index in [2.05, 4.69) is 25.8 Å². The van der Waals surface area contributed by atoms with Gasteiger partial charge in [-0.25, -0.2) is 0 Å². The first-order valence-corrected chi connectivity index (χ1v) is 9.17. The van der Waals surface area contributed by atoms with Gasteiger partial charge >= 0.3 is 0 Å². The Hall–Kier alpha value is -1.84. The van der Waals surface area contributed by atoms with Gasteiger partial charge in [-0.2, -0.15) is 0 Å². The van der Waals surface area contributed by atoms with E-state index in [-0.39, 0.29) is 41.2 Å². The van der Waals surface area contributed by atoms with E-state index >= 15 is 0 Å². The molecule has 2 aliphatic rings. The highest BCUT2D eigenvalue weighted by Crippen LogP contribution is 2.35. The summed E-state index contributed by atoms with van der Waals surface area (Å²) in [5.41, 5.74) is 0.697. The number of hydrogen-bond acceptors (Lipinski definition) is 3. The van der Waals surface area contributed by atoms with Crippen molar-refractivity contribution in [1.82, 2.24) is 20.9 Å². The summed E-state index contributed by atoms with van der Waals surface area (Å²) >= 11 is 0. The maximum Gasteiger partial charge on any atom is 0.251 e. The fraction of sp³-hybridized carbons (Fsp3) is 0.526. The molecule has 0 aromatic heterocycles. The van der Waals surface area contributed by atoms with Crippen LogP contribution in [0.3, 0.4) is 0 Å². The van der Waals surface area contributed by atoms with Crippen molar-refractivity contribution in [1.29, 1.82) is 0 Å². The Kier molecular flexibility index (Phi) is 7.88. The fourth-order valence-electron chi connectivity index (χ4n) is 3.80. The molecule has 2 heterocycles. The molecule has 3 N–H and O–H groups in total. The number of guanidine groups is 1. The highest BCUT2D eigenvalue weighted by Gasteiger charge is 2.42. The molecule has 1 spiro atoms. The van der Waals surface area contributed by atoms with Gasteiger partial charge in [-0.05, 0) is 25.0 Å². The number of nitrogens with zero attached hydrogens (tertiary/aromatic N) is 2. The Labute approximate surface area is 177 Å².